The molecule has 23 heavy (non-hydrogen) atoms. The Balaban J connectivity index is 2.82. The van der Waals surface area contributed by atoms with Crippen molar-refractivity contribution in [1.29, 1.82) is 0 Å². The van der Waals surface area contributed by atoms with Crippen molar-refractivity contribution in [3.63, 3.8) is 0 Å². The zero-order valence-electron chi connectivity index (χ0n) is 14.3. The van der Waals surface area contributed by atoms with Crippen molar-refractivity contribution in [2.45, 2.75) is 46.8 Å². The van der Waals surface area contributed by atoms with Crippen molar-refractivity contribution < 1.29 is 19.4 Å². The zero-order chi connectivity index (χ0) is 17.4. The minimum atomic E-state index is -0.319. The van der Waals surface area contributed by atoms with Crippen molar-refractivity contribution in [2.24, 2.45) is 11.8 Å². The summed E-state index contributed by atoms with van der Waals surface area (Å²) < 4.78 is 10.5. The summed E-state index contributed by atoms with van der Waals surface area (Å²) in [6, 6.07) is 0. The van der Waals surface area contributed by atoms with Crippen molar-refractivity contribution in [1.82, 2.24) is 4.98 Å². The highest BCUT2D eigenvalue weighted by Crippen LogP contribution is 2.25. The largest absolute Gasteiger partial charge is 0.506 e. The van der Waals surface area contributed by atoms with E-state index < -0.39 is 0 Å². The van der Waals surface area contributed by atoms with Crippen LogP contribution in [0.3, 0.4) is 0 Å². The smallest absolute Gasteiger partial charge is 0.310 e. The van der Waals surface area contributed by atoms with E-state index in [9.17, 15) is 9.90 Å². The highest BCUT2D eigenvalue weighted by atomic mass is 16.5. The van der Waals surface area contributed by atoms with Gasteiger partial charge in [-0.3, -0.25) is 9.78 Å². The summed E-state index contributed by atoms with van der Waals surface area (Å²) in [5.41, 5.74) is 1.73. The van der Waals surface area contributed by atoms with Crippen LogP contribution in [0, 0.1) is 31.1 Å². The molecule has 1 rings (SSSR count). The molecule has 1 atom stereocenters. The molecule has 0 bridgehead atoms. The van der Waals surface area contributed by atoms with Crippen LogP contribution in [0.2, 0.25) is 0 Å². The van der Waals surface area contributed by atoms with Gasteiger partial charge in [-0.1, -0.05) is 13.8 Å². The van der Waals surface area contributed by atoms with E-state index in [0.717, 1.165) is 0 Å². The third-order valence-corrected chi connectivity index (χ3v) is 3.54. The molecule has 0 fully saturated rings. The fraction of sp³-hybridized carbons (Fsp3) is 0.556. The average molecular weight is 319 g/mol. The Morgan fingerprint density at radius 2 is 2.13 bits per heavy atom. The first-order valence-electron chi connectivity index (χ1n) is 7.66. The number of aromatic nitrogens is 1. The Bertz CT molecular complexity index is 575. The van der Waals surface area contributed by atoms with Gasteiger partial charge in [0, 0.05) is 30.9 Å². The molecule has 1 N–H and O–H groups in total. The number of carbonyl (C=O) groups is 1. The molecule has 126 valence electrons. The van der Waals surface area contributed by atoms with Gasteiger partial charge < -0.3 is 14.6 Å². The number of terminal acetylenes is 1. The number of rotatable bonds is 8. The lowest BCUT2D eigenvalue weighted by molar-refractivity contribution is -0.150. The number of carbonyl (C=O) groups excluding carboxylic acids is 1. The molecule has 0 aliphatic rings. The third kappa shape index (κ3) is 5.57. The third-order valence-electron chi connectivity index (χ3n) is 3.54. The number of nitrogens with zero attached hydrogens (tertiary/aromatic N) is 1. The van der Waals surface area contributed by atoms with Crippen LogP contribution in [0.4, 0.5) is 0 Å². The molecule has 1 aromatic heterocycles. The monoisotopic (exact) mass is 319 g/mol. The molecule has 0 aliphatic carbocycles. The van der Waals surface area contributed by atoms with E-state index >= 15 is 0 Å². The van der Waals surface area contributed by atoms with Crippen LogP contribution in [0.25, 0.3) is 0 Å². The number of pyridine rings is 1. The lowest BCUT2D eigenvalue weighted by Crippen LogP contribution is -2.19. The van der Waals surface area contributed by atoms with Crippen molar-refractivity contribution >= 4 is 5.97 Å². The predicted octanol–water partition coefficient (Wildman–Crippen LogP) is 2.97. The van der Waals surface area contributed by atoms with E-state index in [1.54, 1.807) is 13.1 Å². The second kappa shape index (κ2) is 9.16. The lowest BCUT2D eigenvalue weighted by atomic mass is 9.94. The standard InChI is InChI=1S/C18H25NO4/c1-6-7-14(8-12(2)3)18(21)23-10-15-9-19-13(4)17(20)16(15)11-22-5/h1,9,12,14,20H,7-8,10-11H2,2-5H3. The van der Waals surface area contributed by atoms with Crippen molar-refractivity contribution in [3.8, 4) is 18.1 Å². The Morgan fingerprint density at radius 3 is 2.70 bits per heavy atom. The minimum absolute atomic E-state index is 0.0392. The van der Waals surface area contributed by atoms with Gasteiger partial charge in [0.25, 0.3) is 0 Å². The molecular formula is C18H25NO4. The van der Waals surface area contributed by atoms with Gasteiger partial charge in [0.2, 0.25) is 0 Å². The Kier molecular flexibility index (Phi) is 7.56. The number of hydrogen-bond donors (Lipinski definition) is 1. The van der Waals surface area contributed by atoms with E-state index in [-0.39, 0.29) is 30.9 Å². The Morgan fingerprint density at radius 1 is 1.43 bits per heavy atom. The first kappa shape index (κ1) is 19.0. The molecule has 1 unspecified atom stereocenters. The molecule has 0 amide bonds. The molecule has 0 aromatic carbocycles. The van der Waals surface area contributed by atoms with E-state index in [1.165, 1.54) is 7.11 Å². The molecule has 5 nitrogen and oxygen atoms in total. The summed E-state index contributed by atoms with van der Waals surface area (Å²) in [5.74, 6) is 2.33. The number of aryl methyl sites for hydroxylation is 1. The first-order valence-corrected chi connectivity index (χ1v) is 7.66. The second-order valence-corrected chi connectivity index (χ2v) is 5.97. The molecule has 0 aliphatic heterocycles. The van der Waals surface area contributed by atoms with E-state index in [4.69, 9.17) is 15.9 Å². The quantitative estimate of drug-likeness (QED) is 0.589. The Labute approximate surface area is 138 Å². The maximum absolute atomic E-state index is 12.2. The van der Waals surface area contributed by atoms with Crippen LogP contribution in [-0.2, 0) is 27.5 Å². The molecule has 0 radical (unpaired) electrons. The summed E-state index contributed by atoms with van der Waals surface area (Å²) in [4.78, 5) is 16.3. The molecule has 0 saturated heterocycles. The molecule has 0 saturated carbocycles. The zero-order valence-corrected chi connectivity index (χ0v) is 14.3. The topological polar surface area (TPSA) is 68.7 Å². The maximum Gasteiger partial charge on any atom is 0.310 e. The summed E-state index contributed by atoms with van der Waals surface area (Å²) in [6.45, 7) is 6.04. The van der Waals surface area contributed by atoms with Crippen molar-refractivity contribution in [2.75, 3.05) is 7.11 Å². The van der Waals surface area contributed by atoms with Gasteiger partial charge in [-0.2, -0.15) is 0 Å². The molecular weight excluding hydrogens is 294 g/mol. The van der Waals surface area contributed by atoms with Gasteiger partial charge in [-0.25, -0.2) is 0 Å². The summed E-state index contributed by atoms with van der Waals surface area (Å²) in [7, 11) is 1.54. The Hall–Kier alpha value is -2.06. The fourth-order valence-electron chi connectivity index (χ4n) is 2.35. The van der Waals surface area contributed by atoms with E-state index in [1.807, 2.05) is 13.8 Å². The highest BCUT2D eigenvalue weighted by molar-refractivity contribution is 5.72. The van der Waals surface area contributed by atoms with E-state index in [2.05, 4.69) is 10.9 Å². The van der Waals surface area contributed by atoms with Gasteiger partial charge in [0.1, 0.15) is 12.4 Å². The number of methoxy groups -OCH3 is 1. The summed E-state index contributed by atoms with van der Waals surface area (Å²) in [5, 5.41) is 10.1. The predicted molar refractivity (Wildman–Crippen MR) is 87.5 cm³/mol. The molecule has 1 aromatic rings. The normalized spacial score (nSPS) is 12.0. The molecule has 0 spiro atoms. The SMILES string of the molecule is C#CCC(CC(C)C)C(=O)OCc1cnc(C)c(O)c1COC. The average Bonchev–Trinajstić information content (AvgIpc) is 2.50. The minimum Gasteiger partial charge on any atom is -0.506 e. The number of hydrogen-bond acceptors (Lipinski definition) is 5. The summed E-state index contributed by atoms with van der Waals surface area (Å²) in [6.07, 6.45) is 7.97. The highest BCUT2D eigenvalue weighted by Gasteiger charge is 2.21. The van der Waals surface area contributed by atoms with Crippen LogP contribution in [0.5, 0.6) is 5.75 Å². The van der Waals surface area contributed by atoms with Gasteiger partial charge in [0.05, 0.1) is 18.2 Å². The van der Waals surface area contributed by atoms with Crippen LogP contribution >= 0.6 is 0 Å². The van der Waals surface area contributed by atoms with Gasteiger partial charge in [-0.05, 0) is 19.3 Å². The van der Waals surface area contributed by atoms with Gasteiger partial charge >= 0.3 is 5.97 Å². The van der Waals surface area contributed by atoms with E-state index in [0.29, 0.717) is 35.6 Å². The first-order chi connectivity index (χ1) is 10.9. The molecule has 5 heteroatoms. The second-order valence-electron chi connectivity index (χ2n) is 5.97. The van der Waals surface area contributed by atoms with Gasteiger partial charge in [0.15, 0.2) is 0 Å². The van der Waals surface area contributed by atoms with Crippen LogP contribution < -0.4 is 0 Å². The number of ether oxygens (including phenoxy) is 2. The number of esters is 1. The van der Waals surface area contributed by atoms with Crippen LogP contribution in [0.1, 0.15) is 43.5 Å². The lowest BCUT2D eigenvalue weighted by Gasteiger charge is -2.17. The van der Waals surface area contributed by atoms with Crippen LogP contribution in [0.15, 0.2) is 6.20 Å². The van der Waals surface area contributed by atoms with Gasteiger partial charge in [-0.15, -0.1) is 12.3 Å². The van der Waals surface area contributed by atoms with Crippen LogP contribution in [-0.4, -0.2) is 23.2 Å². The maximum atomic E-state index is 12.2. The summed E-state index contributed by atoms with van der Waals surface area (Å²) >= 11 is 0. The fourth-order valence-corrected chi connectivity index (χ4v) is 2.35. The van der Waals surface area contributed by atoms with Crippen molar-refractivity contribution in [3.05, 3.63) is 23.0 Å². The number of aromatic hydroxyl groups is 1. The molecule has 1 heterocycles.